The number of hydrogen-bond acceptors (Lipinski definition) is 7. The number of amides is 1. The van der Waals surface area contributed by atoms with E-state index in [0.717, 1.165) is 5.56 Å². The van der Waals surface area contributed by atoms with Crippen molar-refractivity contribution in [1.82, 2.24) is 15.5 Å². The molecule has 0 unspecified atom stereocenters. The number of benzene rings is 2. The summed E-state index contributed by atoms with van der Waals surface area (Å²) in [6.07, 6.45) is -0.148. The number of methoxy groups -OCH3 is 2. The lowest BCUT2D eigenvalue weighted by Crippen LogP contribution is -2.37. The van der Waals surface area contributed by atoms with Gasteiger partial charge < -0.3 is 24.1 Å². The number of carbonyl (C=O) groups excluding carboxylic acids is 1. The molecule has 0 spiro atoms. The second-order valence-electron chi connectivity index (χ2n) is 6.16. The summed E-state index contributed by atoms with van der Waals surface area (Å²) in [5, 5.41) is 6.72. The molecule has 0 saturated carbocycles. The molecule has 8 nitrogen and oxygen atoms in total. The highest BCUT2D eigenvalue weighted by Crippen LogP contribution is 2.22. The maximum atomic E-state index is 12.5. The van der Waals surface area contributed by atoms with Crippen LogP contribution in [0.4, 0.5) is 0 Å². The highest BCUT2D eigenvalue weighted by molar-refractivity contribution is 5.81. The van der Waals surface area contributed by atoms with E-state index in [1.807, 2.05) is 37.3 Å². The Hall–Kier alpha value is -3.55. The van der Waals surface area contributed by atoms with E-state index in [0.29, 0.717) is 35.4 Å². The Labute approximate surface area is 168 Å². The molecule has 0 aliphatic carbocycles. The topological polar surface area (TPSA) is 95.7 Å². The van der Waals surface area contributed by atoms with Crippen molar-refractivity contribution in [2.45, 2.75) is 26.0 Å². The molecule has 3 aromatic rings. The Morgan fingerprint density at radius 2 is 1.76 bits per heavy atom. The normalized spacial score (nSPS) is 11.6. The van der Waals surface area contributed by atoms with E-state index >= 15 is 0 Å². The zero-order chi connectivity index (χ0) is 20.6. The summed E-state index contributed by atoms with van der Waals surface area (Å²) in [4.78, 5) is 16.8. The standard InChI is InChI=1S/C21H23N3O5/c1-4-18(28-17-10-6-9-16(12-17)27-3)21(25)22-13-19-23-20(24-29-19)14-7-5-8-15(11-14)26-2/h5-12,18H,4,13H2,1-3H3,(H,22,25)/t18-/m0/s1. The molecule has 0 fully saturated rings. The summed E-state index contributed by atoms with van der Waals surface area (Å²) in [6.45, 7) is 1.98. The van der Waals surface area contributed by atoms with Crippen LogP contribution in [0.3, 0.4) is 0 Å². The van der Waals surface area contributed by atoms with Crippen molar-refractivity contribution < 1.29 is 23.5 Å². The minimum Gasteiger partial charge on any atom is -0.497 e. The molecule has 1 heterocycles. The number of nitrogens with one attached hydrogen (secondary N) is 1. The summed E-state index contributed by atoms with van der Waals surface area (Å²) in [5.41, 5.74) is 0.762. The summed E-state index contributed by atoms with van der Waals surface area (Å²) >= 11 is 0. The summed E-state index contributed by atoms with van der Waals surface area (Å²) in [5.74, 6) is 2.37. The second-order valence-corrected chi connectivity index (χ2v) is 6.16. The van der Waals surface area contributed by atoms with Crippen LogP contribution in [0.25, 0.3) is 11.4 Å². The lowest BCUT2D eigenvalue weighted by molar-refractivity contribution is -0.128. The van der Waals surface area contributed by atoms with Crippen LogP contribution in [0.2, 0.25) is 0 Å². The Balaban J connectivity index is 1.59. The van der Waals surface area contributed by atoms with Crippen molar-refractivity contribution in [3.63, 3.8) is 0 Å². The van der Waals surface area contributed by atoms with Gasteiger partial charge in [-0.05, 0) is 30.7 Å². The van der Waals surface area contributed by atoms with Gasteiger partial charge in [0.05, 0.1) is 20.8 Å². The van der Waals surface area contributed by atoms with Gasteiger partial charge >= 0.3 is 0 Å². The number of nitrogens with zero attached hydrogens (tertiary/aromatic N) is 2. The van der Waals surface area contributed by atoms with Gasteiger partial charge in [-0.25, -0.2) is 0 Å². The molecule has 0 radical (unpaired) electrons. The molecule has 1 aromatic heterocycles. The van der Waals surface area contributed by atoms with Crippen LogP contribution in [-0.4, -0.2) is 36.4 Å². The molecular formula is C21H23N3O5. The van der Waals surface area contributed by atoms with Crippen molar-refractivity contribution in [2.75, 3.05) is 14.2 Å². The van der Waals surface area contributed by atoms with E-state index in [4.69, 9.17) is 18.7 Å². The molecule has 0 bridgehead atoms. The predicted molar refractivity (Wildman–Crippen MR) is 106 cm³/mol. The Kier molecular flexibility index (Phi) is 6.67. The predicted octanol–water partition coefficient (Wildman–Crippen LogP) is 3.23. The SMILES string of the molecule is CC[C@H](Oc1cccc(OC)c1)C(=O)NCc1nc(-c2cccc(OC)c2)no1. The van der Waals surface area contributed by atoms with Crippen LogP contribution >= 0.6 is 0 Å². The third kappa shape index (κ3) is 5.25. The number of carbonyl (C=O) groups is 1. The molecule has 1 atom stereocenters. The van der Waals surface area contributed by atoms with Gasteiger partial charge in [-0.1, -0.05) is 30.3 Å². The first-order valence-corrected chi connectivity index (χ1v) is 9.18. The Morgan fingerprint density at radius 1 is 1.07 bits per heavy atom. The number of hydrogen-bond donors (Lipinski definition) is 1. The average Bonchev–Trinajstić information content (AvgIpc) is 3.25. The molecule has 0 aliphatic heterocycles. The maximum Gasteiger partial charge on any atom is 0.261 e. The molecule has 1 amide bonds. The fourth-order valence-corrected chi connectivity index (χ4v) is 2.64. The minimum atomic E-state index is -0.650. The van der Waals surface area contributed by atoms with Gasteiger partial charge in [0.1, 0.15) is 17.2 Å². The molecule has 1 N–H and O–H groups in total. The van der Waals surface area contributed by atoms with Gasteiger partial charge in [-0.2, -0.15) is 4.98 Å². The highest BCUT2D eigenvalue weighted by atomic mass is 16.5. The first-order valence-electron chi connectivity index (χ1n) is 9.18. The second kappa shape index (κ2) is 9.59. The van der Waals surface area contributed by atoms with Gasteiger partial charge in [0.25, 0.3) is 5.91 Å². The third-order valence-corrected chi connectivity index (χ3v) is 4.19. The number of ether oxygens (including phenoxy) is 3. The molecule has 0 aliphatic rings. The maximum absolute atomic E-state index is 12.5. The average molecular weight is 397 g/mol. The van der Waals surface area contributed by atoms with Crippen molar-refractivity contribution in [1.29, 1.82) is 0 Å². The van der Waals surface area contributed by atoms with E-state index in [2.05, 4.69) is 15.5 Å². The van der Waals surface area contributed by atoms with E-state index in [1.54, 1.807) is 32.4 Å². The van der Waals surface area contributed by atoms with E-state index in [9.17, 15) is 4.79 Å². The number of aromatic nitrogens is 2. The largest absolute Gasteiger partial charge is 0.497 e. The van der Waals surface area contributed by atoms with Crippen LogP contribution in [0.5, 0.6) is 17.2 Å². The van der Waals surface area contributed by atoms with Crippen LogP contribution in [0.1, 0.15) is 19.2 Å². The zero-order valence-electron chi connectivity index (χ0n) is 16.5. The minimum absolute atomic E-state index is 0.105. The van der Waals surface area contributed by atoms with Gasteiger partial charge in [-0.15, -0.1) is 0 Å². The van der Waals surface area contributed by atoms with Crippen molar-refractivity contribution in [2.24, 2.45) is 0 Å². The highest BCUT2D eigenvalue weighted by Gasteiger charge is 2.19. The summed E-state index contributed by atoms with van der Waals surface area (Å²) < 4.78 is 21.4. The quantitative estimate of drug-likeness (QED) is 0.592. The van der Waals surface area contributed by atoms with E-state index in [-0.39, 0.29) is 12.5 Å². The fourth-order valence-electron chi connectivity index (χ4n) is 2.64. The molecule has 152 valence electrons. The lowest BCUT2D eigenvalue weighted by Gasteiger charge is -2.17. The molecule has 8 heteroatoms. The first-order chi connectivity index (χ1) is 14.1. The smallest absolute Gasteiger partial charge is 0.261 e. The van der Waals surface area contributed by atoms with Crippen molar-refractivity contribution in [3.8, 4) is 28.6 Å². The molecule has 29 heavy (non-hydrogen) atoms. The first kappa shape index (κ1) is 20.2. The van der Waals surface area contributed by atoms with Gasteiger partial charge in [0.15, 0.2) is 6.10 Å². The van der Waals surface area contributed by atoms with Gasteiger partial charge in [0, 0.05) is 11.6 Å². The summed E-state index contributed by atoms with van der Waals surface area (Å²) in [6, 6.07) is 14.4. The van der Waals surface area contributed by atoms with Crippen LogP contribution in [-0.2, 0) is 11.3 Å². The Morgan fingerprint density at radius 3 is 2.48 bits per heavy atom. The molecular weight excluding hydrogens is 374 g/mol. The van der Waals surface area contributed by atoms with Gasteiger partial charge in [0.2, 0.25) is 11.7 Å². The van der Waals surface area contributed by atoms with Crippen molar-refractivity contribution in [3.05, 3.63) is 54.4 Å². The lowest BCUT2D eigenvalue weighted by atomic mass is 10.2. The third-order valence-electron chi connectivity index (χ3n) is 4.19. The van der Waals surface area contributed by atoms with Crippen LogP contribution in [0, 0.1) is 0 Å². The van der Waals surface area contributed by atoms with E-state index < -0.39 is 6.10 Å². The van der Waals surface area contributed by atoms with Gasteiger partial charge in [-0.3, -0.25) is 4.79 Å². The number of rotatable bonds is 9. The zero-order valence-corrected chi connectivity index (χ0v) is 16.5. The molecule has 0 saturated heterocycles. The Bertz CT molecular complexity index is 957. The van der Waals surface area contributed by atoms with Crippen LogP contribution < -0.4 is 19.5 Å². The summed E-state index contributed by atoms with van der Waals surface area (Å²) in [7, 11) is 3.17. The van der Waals surface area contributed by atoms with Crippen molar-refractivity contribution >= 4 is 5.91 Å². The molecule has 2 aromatic carbocycles. The fraction of sp³-hybridized carbons (Fsp3) is 0.286. The monoisotopic (exact) mass is 397 g/mol. The molecule has 3 rings (SSSR count). The van der Waals surface area contributed by atoms with Crippen LogP contribution in [0.15, 0.2) is 53.1 Å². The van der Waals surface area contributed by atoms with E-state index in [1.165, 1.54) is 0 Å².